The summed E-state index contributed by atoms with van der Waals surface area (Å²) in [5.41, 5.74) is 1.92. The predicted octanol–water partition coefficient (Wildman–Crippen LogP) is 3.18. The molecule has 3 N–H and O–H groups in total. The topological polar surface area (TPSA) is 78.8 Å². The van der Waals surface area contributed by atoms with Gasteiger partial charge in [0.1, 0.15) is 12.7 Å². The maximum Gasteiger partial charge on any atom is 0.310 e. The summed E-state index contributed by atoms with van der Waals surface area (Å²) < 4.78 is 4.92. The van der Waals surface area contributed by atoms with Gasteiger partial charge in [0, 0.05) is 5.69 Å². The van der Waals surface area contributed by atoms with Gasteiger partial charge in [0.25, 0.3) is 0 Å². The van der Waals surface area contributed by atoms with E-state index in [0.717, 1.165) is 0 Å². The maximum atomic E-state index is 11.9. The Kier molecular flexibility index (Phi) is 6.87. The Morgan fingerprint density at radius 1 is 1.12 bits per heavy atom. The molecule has 0 aliphatic heterocycles. The Morgan fingerprint density at radius 3 is 2.46 bits per heavy atom. The fourth-order valence-corrected chi connectivity index (χ4v) is 2.49. The van der Waals surface area contributed by atoms with Crippen LogP contribution in [0.15, 0.2) is 42.5 Å². The van der Waals surface area contributed by atoms with E-state index in [1.165, 1.54) is 0 Å². The van der Waals surface area contributed by atoms with Gasteiger partial charge in [0.15, 0.2) is 0 Å². The van der Waals surface area contributed by atoms with Crippen LogP contribution >= 0.6 is 23.2 Å². The number of ether oxygens (including phenoxy) is 1. The number of anilines is 2. The summed E-state index contributed by atoms with van der Waals surface area (Å²) in [5.74, 6) is -0.512. The van der Waals surface area contributed by atoms with Crippen molar-refractivity contribution >= 4 is 40.5 Å². The molecule has 0 aromatic heterocycles. The van der Waals surface area contributed by atoms with Crippen molar-refractivity contribution in [1.82, 2.24) is 0 Å². The number of para-hydroxylation sites is 2. The smallest absolute Gasteiger partial charge is 0.310 e. The standard InChI is InChI=1S/C17H17Cl2NO4/c18-13-5-3-6-14(19)17(13)20-15-7-2-1-4-11(15)8-16(23)24-10-12(22)9-21/h1-7,12,20-22H,8-10H2/t12-/m0/s1. The van der Waals surface area contributed by atoms with Crippen molar-refractivity contribution < 1.29 is 19.7 Å². The van der Waals surface area contributed by atoms with E-state index < -0.39 is 18.7 Å². The van der Waals surface area contributed by atoms with E-state index in [-0.39, 0.29) is 13.0 Å². The monoisotopic (exact) mass is 369 g/mol. The molecule has 0 unspecified atom stereocenters. The molecule has 128 valence electrons. The number of carbonyl (C=O) groups is 1. The summed E-state index contributed by atoms with van der Waals surface area (Å²) in [7, 11) is 0. The van der Waals surface area contributed by atoms with Gasteiger partial charge in [-0.15, -0.1) is 0 Å². The van der Waals surface area contributed by atoms with Gasteiger partial charge in [-0.25, -0.2) is 0 Å². The molecule has 0 saturated heterocycles. The summed E-state index contributed by atoms with van der Waals surface area (Å²) >= 11 is 12.3. The molecule has 0 saturated carbocycles. The Bertz CT molecular complexity index is 688. The molecule has 7 heteroatoms. The van der Waals surface area contributed by atoms with Crippen LogP contribution in [0.3, 0.4) is 0 Å². The molecule has 24 heavy (non-hydrogen) atoms. The van der Waals surface area contributed by atoms with Crippen molar-refractivity contribution in [1.29, 1.82) is 0 Å². The molecule has 1 atom stereocenters. The molecule has 2 aromatic carbocycles. The van der Waals surface area contributed by atoms with Gasteiger partial charge in [-0.2, -0.15) is 0 Å². The van der Waals surface area contributed by atoms with Crippen LogP contribution in [0.1, 0.15) is 5.56 Å². The lowest BCUT2D eigenvalue weighted by molar-refractivity contribution is -0.146. The molecular formula is C17H17Cl2NO4. The van der Waals surface area contributed by atoms with Gasteiger partial charge >= 0.3 is 5.97 Å². The van der Waals surface area contributed by atoms with Crippen LogP contribution in [0.25, 0.3) is 0 Å². The minimum atomic E-state index is -1.08. The molecule has 0 aliphatic carbocycles. The number of esters is 1. The van der Waals surface area contributed by atoms with E-state index in [1.807, 2.05) is 6.07 Å². The lowest BCUT2D eigenvalue weighted by Gasteiger charge is -2.14. The zero-order chi connectivity index (χ0) is 17.5. The van der Waals surface area contributed by atoms with Crippen molar-refractivity contribution in [2.75, 3.05) is 18.5 Å². The van der Waals surface area contributed by atoms with Crippen molar-refractivity contribution in [3.8, 4) is 0 Å². The van der Waals surface area contributed by atoms with Gasteiger partial charge in [-0.3, -0.25) is 4.79 Å². The van der Waals surface area contributed by atoms with Crippen LogP contribution in [-0.2, 0) is 16.0 Å². The van der Waals surface area contributed by atoms with Gasteiger partial charge in [-0.05, 0) is 23.8 Å². The Hall–Kier alpha value is -1.79. The molecule has 0 bridgehead atoms. The van der Waals surface area contributed by atoms with Gasteiger partial charge in [0.2, 0.25) is 0 Å². The number of rotatable bonds is 7. The minimum Gasteiger partial charge on any atom is -0.463 e. The first-order chi connectivity index (χ1) is 11.5. The van der Waals surface area contributed by atoms with Gasteiger partial charge < -0.3 is 20.3 Å². The largest absolute Gasteiger partial charge is 0.463 e. The number of aliphatic hydroxyl groups is 2. The molecule has 0 heterocycles. The fraction of sp³-hybridized carbons (Fsp3) is 0.235. The number of nitrogens with one attached hydrogen (secondary N) is 1. The highest BCUT2D eigenvalue weighted by Crippen LogP contribution is 2.33. The average molecular weight is 370 g/mol. The number of hydrogen-bond donors (Lipinski definition) is 3. The predicted molar refractivity (Wildman–Crippen MR) is 93.9 cm³/mol. The van der Waals surface area contributed by atoms with Crippen molar-refractivity contribution in [2.45, 2.75) is 12.5 Å². The molecule has 0 fully saturated rings. The van der Waals surface area contributed by atoms with Crippen LogP contribution in [0.2, 0.25) is 10.0 Å². The SMILES string of the molecule is O=C(Cc1ccccc1Nc1c(Cl)cccc1Cl)OC[C@@H](O)CO. The summed E-state index contributed by atoms with van der Waals surface area (Å²) in [6, 6.07) is 12.3. The molecule has 2 rings (SSSR count). The highest BCUT2D eigenvalue weighted by atomic mass is 35.5. The molecule has 0 aliphatic rings. The first-order valence-electron chi connectivity index (χ1n) is 7.24. The fourth-order valence-electron chi connectivity index (χ4n) is 2.00. The highest BCUT2D eigenvalue weighted by Gasteiger charge is 2.13. The van der Waals surface area contributed by atoms with E-state index in [9.17, 15) is 9.90 Å². The third-order valence-corrected chi connectivity index (χ3v) is 3.85. The Morgan fingerprint density at radius 2 is 1.79 bits per heavy atom. The second-order valence-electron chi connectivity index (χ2n) is 5.07. The van der Waals surface area contributed by atoms with Crippen LogP contribution in [0.4, 0.5) is 11.4 Å². The second-order valence-corrected chi connectivity index (χ2v) is 5.89. The van der Waals surface area contributed by atoms with Crippen molar-refractivity contribution in [2.24, 2.45) is 0 Å². The van der Waals surface area contributed by atoms with Crippen LogP contribution in [-0.4, -0.2) is 35.5 Å². The third kappa shape index (κ3) is 5.11. The lowest BCUT2D eigenvalue weighted by atomic mass is 10.1. The number of aliphatic hydroxyl groups excluding tert-OH is 2. The molecule has 5 nitrogen and oxygen atoms in total. The third-order valence-electron chi connectivity index (χ3n) is 3.22. The number of halogens is 2. The van der Waals surface area contributed by atoms with E-state index >= 15 is 0 Å². The first kappa shape index (κ1) is 18.5. The maximum absolute atomic E-state index is 11.9. The second kappa shape index (κ2) is 8.89. The zero-order valence-electron chi connectivity index (χ0n) is 12.7. The normalized spacial score (nSPS) is 11.8. The van der Waals surface area contributed by atoms with E-state index in [2.05, 4.69) is 5.32 Å². The minimum absolute atomic E-state index is 0.00337. The van der Waals surface area contributed by atoms with E-state index in [4.69, 9.17) is 33.0 Å². The number of benzene rings is 2. The van der Waals surface area contributed by atoms with Gasteiger partial charge in [0.05, 0.1) is 28.8 Å². The zero-order valence-corrected chi connectivity index (χ0v) is 14.2. The Labute approximate surface area is 149 Å². The summed E-state index contributed by atoms with van der Waals surface area (Å²) in [6.07, 6.45) is -1.08. The number of hydrogen-bond acceptors (Lipinski definition) is 5. The molecule has 0 spiro atoms. The van der Waals surface area contributed by atoms with Crippen LogP contribution in [0, 0.1) is 0 Å². The average Bonchev–Trinajstić information content (AvgIpc) is 2.57. The summed E-state index contributed by atoms with van der Waals surface area (Å²) in [4.78, 5) is 11.9. The molecule has 0 amide bonds. The van der Waals surface area contributed by atoms with Crippen LogP contribution < -0.4 is 5.32 Å². The summed E-state index contributed by atoms with van der Waals surface area (Å²) in [6.45, 7) is -0.711. The highest BCUT2D eigenvalue weighted by molar-refractivity contribution is 6.39. The number of carbonyl (C=O) groups excluding carboxylic acids is 1. The first-order valence-corrected chi connectivity index (χ1v) is 8.00. The van der Waals surface area contributed by atoms with Gasteiger partial charge in [-0.1, -0.05) is 47.5 Å². The quantitative estimate of drug-likeness (QED) is 0.653. The van der Waals surface area contributed by atoms with Crippen molar-refractivity contribution in [3.05, 3.63) is 58.1 Å². The Balaban J connectivity index is 2.12. The van der Waals surface area contributed by atoms with E-state index in [1.54, 1.807) is 36.4 Å². The van der Waals surface area contributed by atoms with Crippen molar-refractivity contribution in [3.63, 3.8) is 0 Å². The van der Waals surface area contributed by atoms with E-state index in [0.29, 0.717) is 27.0 Å². The molecule has 2 aromatic rings. The molecule has 0 radical (unpaired) electrons. The summed E-state index contributed by atoms with van der Waals surface area (Å²) in [5, 5.41) is 22.0. The molecular weight excluding hydrogens is 353 g/mol. The van der Waals surface area contributed by atoms with Crippen LogP contribution in [0.5, 0.6) is 0 Å². The lowest BCUT2D eigenvalue weighted by Crippen LogP contribution is -2.22.